The Kier molecular flexibility index (Phi) is 6.40. The lowest BCUT2D eigenvalue weighted by molar-refractivity contribution is -0.139. The highest BCUT2D eigenvalue weighted by Crippen LogP contribution is 2.26. The number of carbonyl (C=O) groups excluding carboxylic acids is 1. The van der Waals surface area contributed by atoms with Gasteiger partial charge in [-0.1, -0.05) is 24.3 Å². The van der Waals surface area contributed by atoms with E-state index in [1.165, 1.54) is 16.5 Å². The Balaban J connectivity index is 1.37. The van der Waals surface area contributed by atoms with Crippen LogP contribution >= 0.6 is 0 Å². The highest BCUT2D eigenvalue weighted by molar-refractivity contribution is 5.88. The first kappa shape index (κ1) is 22.8. The molecule has 0 saturated carbocycles. The van der Waals surface area contributed by atoms with Crippen molar-refractivity contribution in [2.75, 3.05) is 7.11 Å². The second-order valence-corrected chi connectivity index (χ2v) is 7.90. The molecular formula is C28H22N4O4. The van der Waals surface area contributed by atoms with E-state index in [1.807, 2.05) is 60.8 Å². The van der Waals surface area contributed by atoms with Gasteiger partial charge in [0.15, 0.2) is 0 Å². The average Bonchev–Trinajstić information content (AvgIpc) is 3.36. The fourth-order valence-electron chi connectivity index (χ4n) is 3.72. The van der Waals surface area contributed by atoms with Crippen LogP contribution in [-0.4, -0.2) is 32.2 Å². The van der Waals surface area contributed by atoms with Gasteiger partial charge in [-0.05, 0) is 54.6 Å². The van der Waals surface area contributed by atoms with Gasteiger partial charge in [0.1, 0.15) is 18.0 Å². The molecule has 5 aromatic rings. The third-order valence-corrected chi connectivity index (χ3v) is 5.51. The van der Waals surface area contributed by atoms with E-state index in [9.17, 15) is 9.59 Å². The number of ether oxygens (including phenoxy) is 2. The molecule has 8 heteroatoms. The van der Waals surface area contributed by atoms with E-state index in [4.69, 9.17) is 14.6 Å². The minimum Gasteiger partial charge on any atom is -0.497 e. The van der Waals surface area contributed by atoms with Gasteiger partial charge in [-0.2, -0.15) is 5.10 Å². The van der Waals surface area contributed by atoms with Crippen molar-refractivity contribution in [2.24, 2.45) is 0 Å². The Morgan fingerprint density at radius 3 is 2.56 bits per heavy atom. The molecule has 0 spiro atoms. The van der Waals surface area contributed by atoms with Gasteiger partial charge in [0, 0.05) is 35.7 Å². The third-order valence-electron chi connectivity index (χ3n) is 5.51. The van der Waals surface area contributed by atoms with Gasteiger partial charge in [0.2, 0.25) is 0 Å². The number of hydrogen-bond donors (Lipinski definition) is 0. The fourth-order valence-corrected chi connectivity index (χ4v) is 3.72. The standard InChI is InChI=1S/C28H22N4O4/c1-35-24-13-10-20(11-14-24)28-21(18-32(30-28)23-7-3-2-4-8-23)12-15-27(34)36-19-22-17-26(33)31-16-6-5-9-25(31)29-22/h2-18H,19H2,1H3/b15-12+. The Labute approximate surface area is 206 Å². The van der Waals surface area contributed by atoms with Crippen LogP contribution in [0.3, 0.4) is 0 Å². The smallest absolute Gasteiger partial charge is 0.331 e. The molecule has 0 atom stereocenters. The predicted molar refractivity (Wildman–Crippen MR) is 136 cm³/mol. The number of methoxy groups -OCH3 is 1. The number of para-hydroxylation sites is 1. The van der Waals surface area contributed by atoms with Crippen LogP contribution < -0.4 is 10.3 Å². The monoisotopic (exact) mass is 478 g/mol. The molecule has 3 aromatic heterocycles. The number of esters is 1. The molecule has 3 heterocycles. The molecule has 0 bridgehead atoms. The first-order valence-electron chi connectivity index (χ1n) is 11.2. The first-order chi connectivity index (χ1) is 17.6. The summed E-state index contributed by atoms with van der Waals surface area (Å²) in [7, 11) is 1.61. The molecule has 178 valence electrons. The molecule has 36 heavy (non-hydrogen) atoms. The molecule has 5 rings (SSSR count). The van der Waals surface area contributed by atoms with Crippen molar-refractivity contribution in [2.45, 2.75) is 6.61 Å². The second-order valence-electron chi connectivity index (χ2n) is 7.90. The molecule has 0 unspecified atom stereocenters. The molecule has 0 radical (unpaired) electrons. The molecule has 8 nitrogen and oxygen atoms in total. The van der Waals surface area contributed by atoms with Crippen molar-refractivity contribution >= 4 is 17.7 Å². The molecule has 0 fully saturated rings. The van der Waals surface area contributed by atoms with Gasteiger partial charge in [0.25, 0.3) is 5.56 Å². The van der Waals surface area contributed by atoms with Crippen molar-refractivity contribution in [1.82, 2.24) is 19.2 Å². The molecule has 0 saturated heterocycles. The molecule has 0 amide bonds. The number of fused-ring (bicyclic) bond motifs is 1. The minimum atomic E-state index is -0.557. The van der Waals surface area contributed by atoms with E-state index in [-0.39, 0.29) is 12.2 Å². The average molecular weight is 479 g/mol. The summed E-state index contributed by atoms with van der Waals surface area (Å²) in [6.07, 6.45) is 6.49. The van der Waals surface area contributed by atoms with Crippen molar-refractivity contribution < 1.29 is 14.3 Å². The van der Waals surface area contributed by atoms with Crippen LogP contribution in [0.5, 0.6) is 5.75 Å². The summed E-state index contributed by atoms with van der Waals surface area (Å²) < 4.78 is 13.8. The van der Waals surface area contributed by atoms with Crippen LogP contribution in [0.25, 0.3) is 28.7 Å². The predicted octanol–water partition coefficient (Wildman–Crippen LogP) is 4.31. The maximum Gasteiger partial charge on any atom is 0.331 e. The van der Waals surface area contributed by atoms with E-state index in [0.717, 1.165) is 22.6 Å². The molecular weight excluding hydrogens is 456 g/mol. The van der Waals surface area contributed by atoms with Gasteiger partial charge in [0.05, 0.1) is 24.2 Å². The minimum absolute atomic E-state index is 0.113. The van der Waals surface area contributed by atoms with Crippen LogP contribution in [0.4, 0.5) is 0 Å². The summed E-state index contributed by atoms with van der Waals surface area (Å²) in [6, 6.07) is 23.9. The summed E-state index contributed by atoms with van der Waals surface area (Å²) >= 11 is 0. The normalized spacial score (nSPS) is 11.1. The quantitative estimate of drug-likeness (QED) is 0.256. The van der Waals surface area contributed by atoms with E-state index >= 15 is 0 Å². The molecule has 0 aliphatic heterocycles. The van der Waals surface area contributed by atoms with Crippen molar-refractivity contribution in [3.63, 3.8) is 0 Å². The number of rotatable bonds is 7. The maximum absolute atomic E-state index is 12.5. The lowest BCUT2D eigenvalue weighted by Crippen LogP contribution is -2.16. The van der Waals surface area contributed by atoms with Gasteiger partial charge in [-0.15, -0.1) is 0 Å². The zero-order valence-electron chi connectivity index (χ0n) is 19.4. The SMILES string of the molecule is COc1ccc(-c2nn(-c3ccccc3)cc2/C=C/C(=O)OCc2cc(=O)n3ccccc3n2)cc1. The van der Waals surface area contributed by atoms with Gasteiger partial charge < -0.3 is 9.47 Å². The largest absolute Gasteiger partial charge is 0.497 e. The van der Waals surface area contributed by atoms with E-state index < -0.39 is 5.97 Å². The van der Waals surface area contributed by atoms with Gasteiger partial charge in [-0.25, -0.2) is 14.5 Å². The Morgan fingerprint density at radius 1 is 1.00 bits per heavy atom. The van der Waals surface area contributed by atoms with Gasteiger partial charge in [-0.3, -0.25) is 9.20 Å². The van der Waals surface area contributed by atoms with E-state index in [2.05, 4.69) is 4.98 Å². The zero-order valence-corrected chi connectivity index (χ0v) is 19.4. The highest BCUT2D eigenvalue weighted by atomic mass is 16.5. The van der Waals surface area contributed by atoms with Crippen molar-refractivity contribution in [3.05, 3.63) is 119 Å². The summed E-state index contributed by atoms with van der Waals surface area (Å²) in [5.74, 6) is 0.182. The number of benzene rings is 2. The second kappa shape index (κ2) is 10.1. The molecule has 0 aliphatic carbocycles. The van der Waals surface area contributed by atoms with Crippen LogP contribution in [0.15, 0.2) is 102 Å². The lowest BCUT2D eigenvalue weighted by atomic mass is 10.1. The van der Waals surface area contributed by atoms with Crippen LogP contribution in [0.1, 0.15) is 11.3 Å². The topological polar surface area (TPSA) is 87.7 Å². The Hall–Kier alpha value is -4.98. The summed E-state index contributed by atoms with van der Waals surface area (Å²) in [6.45, 7) is -0.113. The molecule has 0 N–H and O–H groups in total. The number of pyridine rings is 1. The third kappa shape index (κ3) is 4.92. The molecule has 2 aromatic carbocycles. The van der Waals surface area contributed by atoms with Gasteiger partial charge >= 0.3 is 5.97 Å². The van der Waals surface area contributed by atoms with Crippen LogP contribution in [0, 0.1) is 0 Å². The summed E-state index contributed by atoms with van der Waals surface area (Å²) in [4.78, 5) is 29.1. The zero-order chi connectivity index (χ0) is 24.9. The first-order valence-corrected chi connectivity index (χ1v) is 11.2. The number of nitrogens with zero attached hydrogens (tertiary/aromatic N) is 4. The summed E-state index contributed by atoms with van der Waals surface area (Å²) in [5.41, 5.74) is 3.84. The highest BCUT2D eigenvalue weighted by Gasteiger charge is 2.12. The van der Waals surface area contributed by atoms with E-state index in [1.54, 1.807) is 42.3 Å². The Bertz CT molecular complexity index is 1600. The maximum atomic E-state index is 12.5. The van der Waals surface area contributed by atoms with Crippen LogP contribution in [0.2, 0.25) is 0 Å². The fraction of sp³-hybridized carbons (Fsp3) is 0.0714. The number of carbonyl (C=O) groups is 1. The summed E-state index contributed by atoms with van der Waals surface area (Å²) in [5, 5.41) is 4.74. The molecule has 0 aliphatic rings. The Morgan fingerprint density at radius 2 is 1.78 bits per heavy atom. The van der Waals surface area contributed by atoms with Crippen LogP contribution in [-0.2, 0) is 16.1 Å². The number of hydrogen-bond acceptors (Lipinski definition) is 6. The lowest BCUT2D eigenvalue weighted by Gasteiger charge is -2.04. The van der Waals surface area contributed by atoms with Crippen molar-refractivity contribution in [1.29, 1.82) is 0 Å². The van der Waals surface area contributed by atoms with Crippen molar-refractivity contribution in [3.8, 4) is 22.7 Å². The number of aromatic nitrogens is 4. The van der Waals surface area contributed by atoms with E-state index in [0.29, 0.717) is 17.0 Å².